The zero-order valence-corrected chi connectivity index (χ0v) is 18.5. The minimum Gasteiger partial charge on any atom is -0.441 e. The van der Waals surface area contributed by atoms with Crippen LogP contribution in [-0.2, 0) is 11.2 Å². The van der Waals surface area contributed by atoms with Gasteiger partial charge in [0.2, 0.25) is 11.8 Å². The molecule has 4 aromatic rings. The third-order valence-electron chi connectivity index (χ3n) is 5.35. The number of benzene rings is 3. The van der Waals surface area contributed by atoms with Crippen molar-refractivity contribution in [2.75, 3.05) is 5.32 Å². The number of carbonyl (C=O) groups is 2. The Balaban J connectivity index is 1.54. The third kappa shape index (κ3) is 5.54. The van der Waals surface area contributed by atoms with Gasteiger partial charge in [0.1, 0.15) is 11.8 Å². The number of oxazole rings is 1. The molecule has 1 aromatic heterocycles. The molecular formula is C27H25N3O3. The van der Waals surface area contributed by atoms with Crippen LogP contribution in [0.25, 0.3) is 11.5 Å². The van der Waals surface area contributed by atoms with Gasteiger partial charge in [-0.25, -0.2) is 4.98 Å². The number of nitrogens with one attached hydrogen (secondary N) is 2. The van der Waals surface area contributed by atoms with Gasteiger partial charge < -0.3 is 15.1 Å². The zero-order chi connectivity index (χ0) is 23.2. The van der Waals surface area contributed by atoms with Crippen LogP contribution >= 0.6 is 0 Å². The first-order valence-electron chi connectivity index (χ1n) is 10.7. The van der Waals surface area contributed by atoms with E-state index in [1.165, 1.54) is 0 Å². The van der Waals surface area contributed by atoms with Crippen molar-refractivity contribution in [3.8, 4) is 11.5 Å². The molecule has 0 saturated heterocycles. The van der Waals surface area contributed by atoms with Gasteiger partial charge >= 0.3 is 0 Å². The highest BCUT2D eigenvalue weighted by Crippen LogP contribution is 2.24. The van der Waals surface area contributed by atoms with Crippen LogP contribution < -0.4 is 10.6 Å². The standard InChI is InChI=1S/C27H25N3O3/c1-18-19(2)33-27(28-18)22-14-9-15-23(17-22)29-26(32)24(16-20-10-5-3-6-11-20)30-25(31)21-12-7-4-8-13-21/h3-15,17,24H,16H2,1-2H3,(H,29,32)(H,30,31). The summed E-state index contributed by atoms with van der Waals surface area (Å²) in [6.07, 6.45) is 0.364. The maximum atomic E-state index is 13.2. The smallest absolute Gasteiger partial charge is 0.251 e. The lowest BCUT2D eigenvalue weighted by Crippen LogP contribution is -2.45. The molecule has 33 heavy (non-hydrogen) atoms. The molecule has 0 aliphatic rings. The number of rotatable bonds is 7. The Morgan fingerprint density at radius 2 is 1.61 bits per heavy atom. The van der Waals surface area contributed by atoms with Crippen LogP contribution in [0.3, 0.4) is 0 Å². The molecule has 2 N–H and O–H groups in total. The molecule has 6 heteroatoms. The van der Waals surface area contributed by atoms with Crippen molar-refractivity contribution in [2.45, 2.75) is 26.3 Å². The van der Waals surface area contributed by atoms with Crippen LogP contribution in [0.5, 0.6) is 0 Å². The Bertz CT molecular complexity index is 1230. The van der Waals surface area contributed by atoms with E-state index in [9.17, 15) is 9.59 Å². The molecule has 3 aromatic carbocycles. The van der Waals surface area contributed by atoms with Gasteiger partial charge in [-0.15, -0.1) is 0 Å². The molecule has 1 unspecified atom stereocenters. The highest BCUT2D eigenvalue weighted by Gasteiger charge is 2.22. The third-order valence-corrected chi connectivity index (χ3v) is 5.35. The van der Waals surface area contributed by atoms with Crippen molar-refractivity contribution in [3.05, 3.63) is 108 Å². The number of aromatic nitrogens is 1. The number of aryl methyl sites for hydroxylation is 2. The molecule has 166 valence electrons. The second-order valence-electron chi connectivity index (χ2n) is 7.81. The summed E-state index contributed by atoms with van der Waals surface area (Å²) in [6.45, 7) is 3.75. The van der Waals surface area contributed by atoms with Crippen LogP contribution in [-0.4, -0.2) is 22.8 Å². The lowest BCUT2D eigenvalue weighted by Gasteiger charge is -2.19. The maximum absolute atomic E-state index is 13.2. The Morgan fingerprint density at radius 3 is 2.27 bits per heavy atom. The minimum atomic E-state index is -0.755. The van der Waals surface area contributed by atoms with E-state index in [0.29, 0.717) is 23.6 Å². The maximum Gasteiger partial charge on any atom is 0.251 e. The molecule has 0 aliphatic heterocycles. The van der Waals surface area contributed by atoms with Crippen LogP contribution in [0.2, 0.25) is 0 Å². The van der Waals surface area contributed by atoms with E-state index >= 15 is 0 Å². The van der Waals surface area contributed by atoms with Crippen molar-refractivity contribution in [1.29, 1.82) is 0 Å². The van der Waals surface area contributed by atoms with Gasteiger partial charge in [0.05, 0.1) is 5.69 Å². The van der Waals surface area contributed by atoms with Gasteiger partial charge in [0, 0.05) is 23.2 Å². The quantitative estimate of drug-likeness (QED) is 0.427. The Morgan fingerprint density at radius 1 is 0.909 bits per heavy atom. The molecule has 1 heterocycles. The first-order valence-corrected chi connectivity index (χ1v) is 10.7. The van der Waals surface area contributed by atoms with E-state index in [-0.39, 0.29) is 11.8 Å². The van der Waals surface area contributed by atoms with Crippen LogP contribution in [0.4, 0.5) is 5.69 Å². The van der Waals surface area contributed by atoms with E-state index in [0.717, 1.165) is 22.6 Å². The fourth-order valence-corrected chi connectivity index (χ4v) is 3.45. The summed E-state index contributed by atoms with van der Waals surface area (Å²) in [5.74, 6) is 0.650. The predicted molar refractivity (Wildman–Crippen MR) is 128 cm³/mol. The molecule has 0 radical (unpaired) electrons. The van der Waals surface area contributed by atoms with E-state index < -0.39 is 6.04 Å². The molecule has 6 nitrogen and oxygen atoms in total. The first-order chi connectivity index (χ1) is 16.0. The molecule has 0 saturated carbocycles. The highest BCUT2D eigenvalue weighted by molar-refractivity contribution is 6.01. The van der Waals surface area contributed by atoms with Crippen molar-refractivity contribution < 1.29 is 14.0 Å². The van der Waals surface area contributed by atoms with Crippen LogP contribution in [0, 0.1) is 13.8 Å². The summed E-state index contributed by atoms with van der Waals surface area (Å²) in [7, 11) is 0. The van der Waals surface area contributed by atoms with Crippen molar-refractivity contribution in [2.24, 2.45) is 0 Å². The van der Waals surface area contributed by atoms with Gasteiger partial charge in [-0.05, 0) is 49.7 Å². The number of anilines is 1. The van der Waals surface area contributed by atoms with E-state index in [2.05, 4.69) is 15.6 Å². The molecule has 0 fully saturated rings. The average molecular weight is 440 g/mol. The van der Waals surface area contributed by atoms with Crippen molar-refractivity contribution in [3.63, 3.8) is 0 Å². The van der Waals surface area contributed by atoms with Gasteiger partial charge in [-0.3, -0.25) is 9.59 Å². The molecular weight excluding hydrogens is 414 g/mol. The normalized spacial score (nSPS) is 11.6. The number of nitrogens with zero attached hydrogens (tertiary/aromatic N) is 1. The number of carbonyl (C=O) groups excluding carboxylic acids is 2. The largest absolute Gasteiger partial charge is 0.441 e. The second-order valence-corrected chi connectivity index (χ2v) is 7.81. The SMILES string of the molecule is Cc1nc(-c2cccc(NC(=O)C(Cc3ccccc3)NC(=O)c3ccccc3)c2)oc1C. The second kappa shape index (κ2) is 9.96. The summed E-state index contributed by atoms with van der Waals surface area (Å²) < 4.78 is 5.71. The zero-order valence-electron chi connectivity index (χ0n) is 18.5. The summed E-state index contributed by atoms with van der Waals surface area (Å²) in [5, 5.41) is 5.80. The van der Waals surface area contributed by atoms with Gasteiger partial charge in [0.15, 0.2) is 0 Å². The lowest BCUT2D eigenvalue weighted by atomic mass is 10.0. The van der Waals surface area contributed by atoms with Gasteiger partial charge in [-0.1, -0.05) is 54.6 Å². The summed E-state index contributed by atoms with van der Waals surface area (Å²) in [4.78, 5) is 30.4. The van der Waals surface area contributed by atoms with E-state index in [1.54, 1.807) is 36.4 Å². The fraction of sp³-hybridized carbons (Fsp3) is 0.148. The predicted octanol–water partition coefficient (Wildman–Crippen LogP) is 4.94. The topological polar surface area (TPSA) is 84.2 Å². The molecule has 1 atom stereocenters. The molecule has 2 amide bonds. The van der Waals surface area contributed by atoms with Crippen molar-refractivity contribution in [1.82, 2.24) is 10.3 Å². The van der Waals surface area contributed by atoms with E-state index in [4.69, 9.17) is 4.42 Å². The Hall–Kier alpha value is -4.19. The fourth-order valence-electron chi connectivity index (χ4n) is 3.45. The number of hydrogen-bond acceptors (Lipinski definition) is 4. The summed E-state index contributed by atoms with van der Waals surface area (Å²) >= 11 is 0. The highest BCUT2D eigenvalue weighted by atomic mass is 16.4. The Kier molecular flexibility index (Phi) is 6.64. The van der Waals surface area contributed by atoms with Crippen LogP contribution in [0.1, 0.15) is 27.4 Å². The molecule has 4 rings (SSSR count). The summed E-state index contributed by atoms with van der Waals surface area (Å²) in [5.41, 5.74) is 3.63. The van der Waals surface area contributed by atoms with Crippen LogP contribution in [0.15, 0.2) is 89.3 Å². The molecule has 0 spiro atoms. The van der Waals surface area contributed by atoms with Crippen molar-refractivity contribution >= 4 is 17.5 Å². The monoisotopic (exact) mass is 439 g/mol. The summed E-state index contributed by atoms with van der Waals surface area (Å²) in [6, 6.07) is 25.0. The lowest BCUT2D eigenvalue weighted by molar-refractivity contribution is -0.118. The molecule has 0 bridgehead atoms. The number of amides is 2. The van der Waals surface area contributed by atoms with Gasteiger partial charge in [-0.2, -0.15) is 0 Å². The van der Waals surface area contributed by atoms with E-state index in [1.807, 2.05) is 62.4 Å². The minimum absolute atomic E-state index is 0.300. The molecule has 0 aliphatic carbocycles. The van der Waals surface area contributed by atoms with Gasteiger partial charge in [0.25, 0.3) is 5.91 Å². The first kappa shape index (κ1) is 22.0. The Labute approximate surface area is 192 Å². The average Bonchev–Trinajstić information content (AvgIpc) is 3.18. The number of hydrogen-bond donors (Lipinski definition) is 2.